The lowest BCUT2D eigenvalue weighted by Crippen LogP contribution is -2.15. The minimum Gasteiger partial charge on any atom is -0.418 e. The quantitative estimate of drug-likeness (QED) is 0.840. The maximum Gasteiger partial charge on any atom is 0.248 e. The molecule has 4 heteroatoms. The molecule has 0 saturated heterocycles. The van der Waals surface area contributed by atoms with E-state index >= 15 is 0 Å². The second kappa shape index (κ2) is 3.72. The molecule has 0 saturated carbocycles. The van der Waals surface area contributed by atoms with Gasteiger partial charge in [0.2, 0.25) is 11.8 Å². The Bertz CT molecular complexity index is 498. The summed E-state index contributed by atoms with van der Waals surface area (Å²) in [6, 6.07) is 7.75. The molecule has 0 spiro atoms. The Morgan fingerprint density at radius 3 is 2.44 bits per heavy atom. The van der Waals surface area contributed by atoms with Crippen molar-refractivity contribution in [3.8, 4) is 11.5 Å². The Kier molecular flexibility index (Phi) is 2.52. The zero-order chi connectivity index (χ0) is 11.8. The second-order valence-corrected chi connectivity index (χ2v) is 4.29. The standard InChI is InChI=1S/C12H14N2O2/c1-8-6-4-5-7-9(8)10-13-14-11(16-10)12(2,3)15/h4-7,15H,1-3H3. The van der Waals surface area contributed by atoms with Gasteiger partial charge in [-0.15, -0.1) is 10.2 Å². The Hall–Kier alpha value is -1.68. The van der Waals surface area contributed by atoms with Gasteiger partial charge in [0.15, 0.2) is 0 Å². The molecular weight excluding hydrogens is 204 g/mol. The van der Waals surface area contributed by atoms with Crippen LogP contribution in [0, 0.1) is 6.92 Å². The third kappa shape index (κ3) is 1.97. The van der Waals surface area contributed by atoms with Crippen LogP contribution in [0.2, 0.25) is 0 Å². The molecule has 4 nitrogen and oxygen atoms in total. The minimum absolute atomic E-state index is 0.228. The summed E-state index contributed by atoms with van der Waals surface area (Å²) in [5.41, 5.74) is 0.854. The van der Waals surface area contributed by atoms with Crippen molar-refractivity contribution >= 4 is 0 Å². The average Bonchev–Trinajstić information content (AvgIpc) is 2.66. The molecule has 0 amide bonds. The van der Waals surface area contributed by atoms with Crippen molar-refractivity contribution in [3.05, 3.63) is 35.7 Å². The molecule has 1 N–H and O–H groups in total. The lowest BCUT2D eigenvalue weighted by Gasteiger charge is -2.10. The summed E-state index contributed by atoms with van der Waals surface area (Å²) >= 11 is 0. The Balaban J connectivity index is 2.44. The number of benzene rings is 1. The van der Waals surface area contributed by atoms with Crippen LogP contribution in [0.3, 0.4) is 0 Å². The number of aromatic nitrogens is 2. The van der Waals surface area contributed by atoms with E-state index in [1.54, 1.807) is 13.8 Å². The highest BCUT2D eigenvalue weighted by atomic mass is 16.4. The number of nitrogens with zero attached hydrogens (tertiary/aromatic N) is 2. The van der Waals surface area contributed by atoms with Crippen LogP contribution < -0.4 is 0 Å². The largest absolute Gasteiger partial charge is 0.418 e. The van der Waals surface area contributed by atoms with E-state index in [2.05, 4.69) is 10.2 Å². The fourth-order valence-corrected chi connectivity index (χ4v) is 1.39. The summed E-state index contributed by atoms with van der Waals surface area (Å²) in [6.45, 7) is 5.20. The Morgan fingerprint density at radius 2 is 1.88 bits per heavy atom. The van der Waals surface area contributed by atoms with Crippen molar-refractivity contribution in [1.82, 2.24) is 10.2 Å². The number of aryl methyl sites for hydroxylation is 1. The molecule has 0 unspecified atom stereocenters. The zero-order valence-corrected chi connectivity index (χ0v) is 9.56. The zero-order valence-electron chi connectivity index (χ0n) is 9.56. The van der Waals surface area contributed by atoms with Crippen LogP contribution in [0.4, 0.5) is 0 Å². The summed E-state index contributed by atoms with van der Waals surface area (Å²) in [6.07, 6.45) is 0. The smallest absolute Gasteiger partial charge is 0.248 e. The van der Waals surface area contributed by atoms with Gasteiger partial charge < -0.3 is 9.52 Å². The van der Waals surface area contributed by atoms with E-state index in [1.165, 1.54) is 0 Å². The van der Waals surface area contributed by atoms with Crippen LogP contribution in [0.15, 0.2) is 28.7 Å². The molecule has 2 aromatic rings. The molecule has 0 bridgehead atoms. The van der Waals surface area contributed by atoms with Crippen LogP contribution in [0.5, 0.6) is 0 Å². The van der Waals surface area contributed by atoms with E-state index < -0.39 is 5.60 Å². The summed E-state index contributed by atoms with van der Waals surface area (Å²) in [4.78, 5) is 0. The molecule has 0 radical (unpaired) electrons. The minimum atomic E-state index is -1.10. The first-order valence-corrected chi connectivity index (χ1v) is 5.11. The van der Waals surface area contributed by atoms with Gasteiger partial charge in [-0.25, -0.2) is 0 Å². The number of rotatable bonds is 2. The first kappa shape index (κ1) is 10.8. The molecule has 1 aromatic carbocycles. The third-order valence-electron chi connectivity index (χ3n) is 2.32. The summed E-state index contributed by atoms with van der Waals surface area (Å²) in [7, 11) is 0. The Labute approximate surface area is 93.9 Å². The third-order valence-corrected chi connectivity index (χ3v) is 2.32. The van der Waals surface area contributed by atoms with Gasteiger partial charge in [0, 0.05) is 5.56 Å². The monoisotopic (exact) mass is 218 g/mol. The molecule has 16 heavy (non-hydrogen) atoms. The van der Waals surface area contributed by atoms with E-state index in [0.717, 1.165) is 11.1 Å². The fourth-order valence-electron chi connectivity index (χ4n) is 1.39. The van der Waals surface area contributed by atoms with Crippen molar-refractivity contribution < 1.29 is 9.52 Å². The highest BCUT2D eigenvalue weighted by Crippen LogP contribution is 2.25. The van der Waals surface area contributed by atoms with Crippen molar-refractivity contribution in [2.24, 2.45) is 0 Å². The van der Waals surface area contributed by atoms with Gasteiger partial charge >= 0.3 is 0 Å². The number of hydrogen-bond donors (Lipinski definition) is 1. The highest BCUT2D eigenvalue weighted by molar-refractivity contribution is 5.57. The molecule has 0 aliphatic rings. The van der Waals surface area contributed by atoms with Gasteiger partial charge in [0.1, 0.15) is 5.60 Å². The molecule has 2 rings (SSSR count). The predicted octanol–water partition coefficient (Wildman–Crippen LogP) is 2.27. The average molecular weight is 218 g/mol. The summed E-state index contributed by atoms with van der Waals surface area (Å²) < 4.78 is 5.44. The van der Waals surface area contributed by atoms with E-state index in [4.69, 9.17) is 4.42 Å². The van der Waals surface area contributed by atoms with Gasteiger partial charge in [-0.2, -0.15) is 0 Å². The molecule has 84 valence electrons. The second-order valence-electron chi connectivity index (χ2n) is 4.29. The van der Waals surface area contributed by atoms with Gasteiger partial charge in [-0.1, -0.05) is 18.2 Å². The van der Waals surface area contributed by atoms with Crippen LogP contribution in [-0.4, -0.2) is 15.3 Å². The van der Waals surface area contributed by atoms with E-state index in [1.807, 2.05) is 31.2 Å². The van der Waals surface area contributed by atoms with Crippen LogP contribution >= 0.6 is 0 Å². The van der Waals surface area contributed by atoms with Gasteiger partial charge in [0.25, 0.3) is 0 Å². The van der Waals surface area contributed by atoms with Crippen LogP contribution in [0.1, 0.15) is 25.3 Å². The SMILES string of the molecule is Cc1ccccc1-c1nnc(C(C)(C)O)o1. The van der Waals surface area contributed by atoms with Gasteiger partial charge in [-0.05, 0) is 32.4 Å². The molecule has 0 aliphatic heterocycles. The Morgan fingerprint density at radius 1 is 1.19 bits per heavy atom. The van der Waals surface area contributed by atoms with Crippen LogP contribution in [-0.2, 0) is 5.60 Å². The van der Waals surface area contributed by atoms with E-state index in [9.17, 15) is 5.11 Å². The molecular formula is C12H14N2O2. The lowest BCUT2D eigenvalue weighted by molar-refractivity contribution is 0.0488. The highest BCUT2D eigenvalue weighted by Gasteiger charge is 2.24. The maximum absolute atomic E-state index is 9.72. The van der Waals surface area contributed by atoms with E-state index in [-0.39, 0.29) is 5.89 Å². The van der Waals surface area contributed by atoms with Crippen molar-refractivity contribution in [1.29, 1.82) is 0 Å². The molecule has 1 heterocycles. The first-order chi connectivity index (χ1) is 7.48. The van der Waals surface area contributed by atoms with Crippen molar-refractivity contribution in [2.45, 2.75) is 26.4 Å². The predicted molar refractivity (Wildman–Crippen MR) is 59.7 cm³/mol. The van der Waals surface area contributed by atoms with Gasteiger partial charge in [0.05, 0.1) is 0 Å². The van der Waals surface area contributed by atoms with Crippen LogP contribution in [0.25, 0.3) is 11.5 Å². The molecule has 1 aromatic heterocycles. The van der Waals surface area contributed by atoms with E-state index in [0.29, 0.717) is 5.89 Å². The maximum atomic E-state index is 9.72. The number of aliphatic hydroxyl groups is 1. The molecule has 0 aliphatic carbocycles. The van der Waals surface area contributed by atoms with Crippen molar-refractivity contribution in [3.63, 3.8) is 0 Å². The topological polar surface area (TPSA) is 59.2 Å². The lowest BCUT2D eigenvalue weighted by atomic mass is 10.1. The summed E-state index contributed by atoms with van der Waals surface area (Å²) in [5.74, 6) is 0.668. The first-order valence-electron chi connectivity index (χ1n) is 5.11. The number of hydrogen-bond acceptors (Lipinski definition) is 4. The van der Waals surface area contributed by atoms with Gasteiger partial charge in [-0.3, -0.25) is 0 Å². The fraction of sp³-hybridized carbons (Fsp3) is 0.333. The molecule has 0 atom stereocenters. The summed E-state index contributed by atoms with van der Waals surface area (Å²) in [5, 5.41) is 17.5. The molecule has 0 fully saturated rings. The normalized spacial score (nSPS) is 11.8. The van der Waals surface area contributed by atoms with Crippen molar-refractivity contribution in [2.75, 3.05) is 0 Å².